The predicted octanol–water partition coefficient (Wildman–Crippen LogP) is 4.64. The zero-order valence-electron chi connectivity index (χ0n) is 16.8. The summed E-state index contributed by atoms with van der Waals surface area (Å²) in [6.45, 7) is 0. The molecular formula is C20H14ClF3N6O2S. The van der Waals surface area contributed by atoms with E-state index in [9.17, 15) is 18.0 Å². The summed E-state index contributed by atoms with van der Waals surface area (Å²) in [6, 6.07) is 9.82. The second-order valence-electron chi connectivity index (χ2n) is 6.64. The highest BCUT2D eigenvalue weighted by Gasteiger charge is 2.41. The number of nitrogens with zero attached hydrogens (tertiary/aromatic N) is 5. The van der Waals surface area contributed by atoms with Crippen LogP contribution in [0.2, 0.25) is 5.02 Å². The Morgan fingerprint density at radius 3 is 2.70 bits per heavy atom. The Hall–Kier alpha value is -3.51. The van der Waals surface area contributed by atoms with Gasteiger partial charge in [0.15, 0.2) is 16.6 Å². The van der Waals surface area contributed by atoms with E-state index < -0.39 is 23.3 Å². The number of amides is 1. The predicted molar refractivity (Wildman–Crippen MR) is 115 cm³/mol. The van der Waals surface area contributed by atoms with Crippen molar-refractivity contribution < 1.29 is 22.7 Å². The van der Waals surface area contributed by atoms with Gasteiger partial charge in [-0.25, -0.2) is 9.67 Å². The number of carbonyl (C=O) groups excluding carboxylic acids is 1. The van der Waals surface area contributed by atoms with Crippen molar-refractivity contribution in [2.75, 3.05) is 12.4 Å². The lowest BCUT2D eigenvalue weighted by Gasteiger charge is -2.11. The molecule has 4 rings (SSSR count). The minimum Gasteiger partial charge on any atom is -0.480 e. The van der Waals surface area contributed by atoms with Crippen molar-refractivity contribution in [1.29, 1.82) is 0 Å². The number of methoxy groups -OCH3 is 1. The van der Waals surface area contributed by atoms with Crippen LogP contribution in [0.15, 0.2) is 48.8 Å². The number of thiazole rings is 1. The third kappa shape index (κ3) is 5.12. The molecule has 0 unspecified atom stereocenters. The molecule has 1 amide bonds. The van der Waals surface area contributed by atoms with Gasteiger partial charge in [0.2, 0.25) is 5.88 Å². The molecule has 0 aliphatic heterocycles. The third-order valence-electron chi connectivity index (χ3n) is 4.38. The van der Waals surface area contributed by atoms with Gasteiger partial charge in [-0.05, 0) is 23.8 Å². The summed E-state index contributed by atoms with van der Waals surface area (Å²) in [5, 5.41) is 14.2. The first-order valence-corrected chi connectivity index (χ1v) is 10.5. The van der Waals surface area contributed by atoms with Gasteiger partial charge in [0.1, 0.15) is 0 Å². The van der Waals surface area contributed by atoms with Gasteiger partial charge in [0, 0.05) is 28.6 Å². The monoisotopic (exact) mass is 494 g/mol. The van der Waals surface area contributed by atoms with Crippen LogP contribution in [0.25, 0.3) is 5.82 Å². The number of nitrogens with one attached hydrogen (secondary N) is 1. The molecule has 0 saturated heterocycles. The number of rotatable bonds is 6. The molecule has 0 radical (unpaired) electrons. The molecule has 0 saturated carbocycles. The van der Waals surface area contributed by atoms with Crippen LogP contribution in [0.5, 0.6) is 5.88 Å². The lowest BCUT2D eigenvalue weighted by molar-refractivity contribution is -0.143. The SMILES string of the molecule is COc1ccc(-n2ncc(C(=O)Nc3ncc(Cc4cccc(Cl)c4)s3)c2C(F)(F)F)nn1. The molecular weight excluding hydrogens is 481 g/mol. The first-order chi connectivity index (χ1) is 15.7. The molecule has 0 bridgehead atoms. The Kier molecular flexibility index (Phi) is 6.29. The summed E-state index contributed by atoms with van der Waals surface area (Å²) in [4.78, 5) is 17.6. The van der Waals surface area contributed by atoms with Gasteiger partial charge >= 0.3 is 6.18 Å². The van der Waals surface area contributed by atoms with Gasteiger partial charge in [-0.1, -0.05) is 23.7 Å². The molecule has 0 fully saturated rings. The fraction of sp³-hybridized carbons (Fsp3) is 0.150. The summed E-state index contributed by atoms with van der Waals surface area (Å²) < 4.78 is 46.8. The molecule has 3 aromatic heterocycles. The maximum absolute atomic E-state index is 13.8. The molecule has 0 aliphatic rings. The number of hydrogen-bond acceptors (Lipinski definition) is 7. The number of carbonyl (C=O) groups is 1. The largest absolute Gasteiger partial charge is 0.480 e. The van der Waals surface area contributed by atoms with Crippen LogP contribution in [0.1, 0.15) is 26.5 Å². The summed E-state index contributed by atoms with van der Waals surface area (Å²) >= 11 is 7.13. The van der Waals surface area contributed by atoms with Crippen LogP contribution in [0, 0.1) is 0 Å². The first-order valence-electron chi connectivity index (χ1n) is 9.28. The smallest absolute Gasteiger partial charge is 0.434 e. The number of ether oxygens (including phenoxy) is 1. The topological polar surface area (TPSA) is 94.8 Å². The average molecular weight is 495 g/mol. The Morgan fingerprint density at radius 2 is 2.03 bits per heavy atom. The Labute approximate surface area is 194 Å². The van der Waals surface area contributed by atoms with Crippen LogP contribution in [-0.4, -0.2) is 38.0 Å². The van der Waals surface area contributed by atoms with E-state index in [2.05, 4.69) is 25.6 Å². The van der Waals surface area contributed by atoms with Crippen LogP contribution in [0.3, 0.4) is 0 Å². The summed E-state index contributed by atoms with van der Waals surface area (Å²) in [6.07, 6.45) is -2.01. The number of hydrogen-bond donors (Lipinski definition) is 1. The number of benzene rings is 1. The average Bonchev–Trinajstić information content (AvgIpc) is 3.41. The maximum Gasteiger partial charge on any atom is 0.434 e. The first kappa shape index (κ1) is 22.7. The van der Waals surface area contributed by atoms with Gasteiger partial charge in [0.05, 0.1) is 18.9 Å². The van der Waals surface area contributed by atoms with E-state index in [1.807, 2.05) is 12.1 Å². The van der Waals surface area contributed by atoms with E-state index in [0.29, 0.717) is 16.1 Å². The standard InChI is InChI=1S/C20H14ClF3N6O2S/c1-32-16-6-5-15(28-29-16)30-17(20(22,23)24)14(10-26-30)18(31)27-19-25-9-13(33-19)8-11-3-2-4-12(21)7-11/h2-7,9-10H,8H2,1H3,(H,25,27,31). The number of aromatic nitrogens is 5. The lowest BCUT2D eigenvalue weighted by Crippen LogP contribution is -2.21. The highest BCUT2D eigenvalue weighted by atomic mass is 35.5. The van der Waals surface area contributed by atoms with Crippen molar-refractivity contribution in [3.05, 3.63) is 75.5 Å². The second kappa shape index (κ2) is 9.16. The minimum atomic E-state index is -4.88. The summed E-state index contributed by atoms with van der Waals surface area (Å²) in [5.74, 6) is -1.10. The zero-order valence-corrected chi connectivity index (χ0v) is 18.4. The molecule has 170 valence electrons. The molecule has 33 heavy (non-hydrogen) atoms. The quantitative estimate of drug-likeness (QED) is 0.419. The number of halogens is 4. The van der Waals surface area contributed by atoms with Crippen molar-refractivity contribution in [2.24, 2.45) is 0 Å². The molecule has 3 heterocycles. The van der Waals surface area contributed by atoms with E-state index in [4.69, 9.17) is 16.3 Å². The molecule has 4 aromatic rings. The normalized spacial score (nSPS) is 11.4. The number of alkyl halides is 3. The molecule has 8 nitrogen and oxygen atoms in total. The highest BCUT2D eigenvalue weighted by molar-refractivity contribution is 7.15. The van der Waals surface area contributed by atoms with E-state index in [0.717, 1.165) is 28.0 Å². The maximum atomic E-state index is 13.8. The van der Waals surface area contributed by atoms with E-state index in [1.165, 1.54) is 19.2 Å². The molecule has 13 heteroatoms. The van der Waals surface area contributed by atoms with Crippen LogP contribution in [-0.2, 0) is 12.6 Å². The van der Waals surface area contributed by atoms with Crippen molar-refractivity contribution in [2.45, 2.75) is 12.6 Å². The Bertz CT molecular complexity index is 1290. The highest BCUT2D eigenvalue weighted by Crippen LogP contribution is 2.34. The molecule has 1 aromatic carbocycles. The molecule has 0 spiro atoms. The van der Waals surface area contributed by atoms with Gasteiger partial charge in [-0.15, -0.1) is 21.5 Å². The van der Waals surface area contributed by atoms with E-state index in [1.54, 1.807) is 18.3 Å². The van der Waals surface area contributed by atoms with Crippen molar-refractivity contribution in [3.8, 4) is 11.7 Å². The fourth-order valence-corrected chi connectivity index (χ4v) is 4.01. The minimum absolute atomic E-state index is 0.120. The second-order valence-corrected chi connectivity index (χ2v) is 8.19. The summed E-state index contributed by atoms with van der Waals surface area (Å²) in [5.41, 5.74) is -1.02. The van der Waals surface area contributed by atoms with Crippen LogP contribution < -0.4 is 10.1 Å². The van der Waals surface area contributed by atoms with Crippen molar-refractivity contribution in [3.63, 3.8) is 0 Å². The van der Waals surface area contributed by atoms with Gasteiger partial charge in [-0.2, -0.15) is 18.3 Å². The molecule has 1 N–H and O–H groups in total. The zero-order chi connectivity index (χ0) is 23.6. The van der Waals surface area contributed by atoms with Gasteiger partial charge < -0.3 is 4.74 Å². The van der Waals surface area contributed by atoms with Crippen molar-refractivity contribution >= 4 is 34.0 Å². The van der Waals surface area contributed by atoms with Gasteiger partial charge in [0.25, 0.3) is 5.91 Å². The van der Waals surface area contributed by atoms with Gasteiger partial charge in [-0.3, -0.25) is 10.1 Å². The Balaban J connectivity index is 1.57. The lowest BCUT2D eigenvalue weighted by atomic mass is 10.1. The van der Waals surface area contributed by atoms with Crippen LogP contribution in [0.4, 0.5) is 18.3 Å². The van der Waals surface area contributed by atoms with E-state index >= 15 is 0 Å². The Morgan fingerprint density at radius 1 is 1.21 bits per heavy atom. The number of anilines is 1. The fourth-order valence-electron chi connectivity index (χ4n) is 2.96. The summed E-state index contributed by atoms with van der Waals surface area (Å²) in [7, 11) is 1.35. The van der Waals surface area contributed by atoms with Crippen molar-refractivity contribution in [1.82, 2.24) is 25.0 Å². The van der Waals surface area contributed by atoms with E-state index in [-0.39, 0.29) is 16.8 Å². The molecule has 0 atom stereocenters. The van der Waals surface area contributed by atoms with Crippen LogP contribution >= 0.6 is 22.9 Å². The molecule has 0 aliphatic carbocycles. The third-order valence-corrected chi connectivity index (χ3v) is 5.52.